The summed E-state index contributed by atoms with van der Waals surface area (Å²) >= 11 is 0. The van der Waals surface area contributed by atoms with Crippen LogP contribution in [-0.4, -0.2) is 26.5 Å². The van der Waals surface area contributed by atoms with Gasteiger partial charge in [0.25, 0.3) is 0 Å². The van der Waals surface area contributed by atoms with Crippen LogP contribution in [0.3, 0.4) is 0 Å². The number of rotatable bonds is 7. The van der Waals surface area contributed by atoms with Crippen LogP contribution in [0.5, 0.6) is 5.75 Å². The molecule has 128 valence electrons. The third-order valence-corrected chi connectivity index (χ3v) is 4.07. The van der Waals surface area contributed by atoms with Crippen LogP contribution in [0.4, 0.5) is 0 Å². The van der Waals surface area contributed by atoms with E-state index in [4.69, 9.17) is 4.18 Å². The molecule has 0 amide bonds. The molecule has 0 aliphatic heterocycles. The Kier molecular flexibility index (Phi) is 5.75. The second kappa shape index (κ2) is 7.59. The highest BCUT2D eigenvalue weighted by Crippen LogP contribution is 2.17. The van der Waals surface area contributed by atoms with Gasteiger partial charge >= 0.3 is 10.1 Å². The van der Waals surface area contributed by atoms with Crippen molar-refractivity contribution in [2.45, 2.75) is 25.9 Å². The predicted molar refractivity (Wildman–Crippen MR) is 93.7 cm³/mol. The zero-order valence-electron chi connectivity index (χ0n) is 13.9. The molecule has 2 aromatic rings. The topological polar surface area (TPSA) is 72.5 Å². The Bertz CT molecular complexity index is 786. The number of hydrogen-bond acceptors (Lipinski definition) is 5. The minimum Gasteiger partial charge on any atom is -0.383 e. The molecular weight excluding hydrogens is 326 g/mol. The van der Waals surface area contributed by atoms with Crippen molar-refractivity contribution in [2.24, 2.45) is 0 Å². The van der Waals surface area contributed by atoms with Crippen LogP contribution in [0.2, 0.25) is 0 Å². The van der Waals surface area contributed by atoms with Crippen LogP contribution < -0.4 is 9.50 Å². The molecule has 2 atom stereocenters. The van der Waals surface area contributed by atoms with Gasteiger partial charge in [-0.25, -0.2) is 0 Å². The summed E-state index contributed by atoms with van der Waals surface area (Å²) in [6.07, 6.45) is 0.975. The van der Waals surface area contributed by atoms with E-state index in [2.05, 4.69) is 5.32 Å². The lowest BCUT2D eigenvalue weighted by Crippen LogP contribution is -2.35. The van der Waals surface area contributed by atoms with Gasteiger partial charge in [0.05, 0.1) is 12.3 Å². The van der Waals surface area contributed by atoms with Crippen molar-refractivity contribution in [3.8, 4) is 5.75 Å². The summed E-state index contributed by atoms with van der Waals surface area (Å²) in [5.74, 6) is 0.121. The van der Waals surface area contributed by atoms with E-state index < -0.39 is 10.1 Å². The largest absolute Gasteiger partial charge is 0.383 e. The average Bonchev–Trinajstić information content (AvgIpc) is 2.54. The zero-order valence-corrected chi connectivity index (χ0v) is 14.7. The van der Waals surface area contributed by atoms with E-state index in [9.17, 15) is 13.2 Å². The number of ketones is 1. The summed E-state index contributed by atoms with van der Waals surface area (Å²) in [6.45, 7) is 3.81. The Morgan fingerprint density at radius 1 is 1.00 bits per heavy atom. The standard InChI is InChI=1S/C18H21NO4S/c1-13(15-7-5-4-6-8-15)19-14(2)18(20)16-9-11-17(12-10-16)23-24(3,21)22/h4-14,19H,1-3H3/t13-,14+/m1/s1. The average molecular weight is 347 g/mol. The molecule has 2 aromatic carbocycles. The smallest absolute Gasteiger partial charge is 0.306 e. The molecule has 0 unspecified atom stereocenters. The molecule has 5 nitrogen and oxygen atoms in total. The van der Waals surface area contributed by atoms with Crippen molar-refractivity contribution in [1.82, 2.24) is 5.32 Å². The van der Waals surface area contributed by atoms with Gasteiger partial charge in [-0.2, -0.15) is 8.42 Å². The summed E-state index contributed by atoms with van der Waals surface area (Å²) < 4.78 is 26.9. The van der Waals surface area contributed by atoms with E-state index in [1.165, 1.54) is 12.1 Å². The Hall–Kier alpha value is -2.18. The molecule has 0 heterocycles. The summed E-state index contributed by atoms with van der Waals surface area (Å²) in [4.78, 5) is 12.5. The van der Waals surface area contributed by atoms with Crippen LogP contribution in [0.25, 0.3) is 0 Å². The molecule has 0 aliphatic rings. The first-order valence-corrected chi connectivity index (χ1v) is 9.42. The van der Waals surface area contributed by atoms with Crippen molar-refractivity contribution in [1.29, 1.82) is 0 Å². The maximum absolute atomic E-state index is 12.5. The van der Waals surface area contributed by atoms with Crippen molar-refractivity contribution in [3.05, 3.63) is 65.7 Å². The Morgan fingerprint density at radius 2 is 1.58 bits per heavy atom. The minimum absolute atomic E-state index is 0.0398. The predicted octanol–water partition coefficient (Wildman–Crippen LogP) is 2.95. The van der Waals surface area contributed by atoms with Gasteiger partial charge in [0.2, 0.25) is 0 Å². The molecule has 2 rings (SSSR count). The van der Waals surface area contributed by atoms with Crippen LogP contribution in [0, 0.1) is 0 Å². The highest BCUT2D eigenvalue weighted by atomic mass is 32.2. The maximum atomic E-state index is 12.5. The number of carbonyl (C=O) groups is 1. The molecule has 0 saturated carbocycles. The Labute approximate surface area is 142 Å². The lowest BCUT2D eigenvalue weighted by Gasteiger charge is -2.19. The normalized spacial score (nSPS) is 14.0. The number of Topliss-reactive ketones (excluding diaryl/α,β-unsaturated/α-hetero) is 1. The van der Waals surface area contributed by atoms with Gasteiger partial charge in [0.15, 0.2) is 5.78 Å². The molecular formula is C18H21NO4S. The molecule has 0 radical (unpaired) electrons. The number of carbonyl (C=O) groups excluding carboxylic acids is 1. The maximum Gasteiger partial charge on any atom is 0.306 e. The Morgan fingerprint density at radius 3 is 2.12 bits per heavy atom. The van der Waals surface area contributed by atoms with E-state index in [-0.39, 0.29) is 23.6 Å². The van der Waals surface area contributed by atoms with Gasteiger partial charge < -0.3 is 9.50 Å². The van der Waals surface area contributed by atoms with Crippen LogP contribution in [0.15, 0.2) is 54.6 Å². The quantitative estimate of drug-likeness (QED) is 0.616. The Balaban J connectivity index is 2.02. The van der Waals surface area contributed by atoms with E-state index in [1.54, 1.807) is 12.1 Å². The third-order valence-electron chi connectivity index (χ3n) is 3.58. The third kappa shape index (κ3) is 5.18. The highest BCUT2D eigenvalue weighted by molar-refractivity contribution is 7.86. The molecule has 0 spiro atoms. The molecule has 0 bridgehead atoms. The van der Waals surface area contributed by atoms with Crippen LogP contribution >= 0.6 is 0 Å². The first-order chi connectivity index (χ1) is 11.3. The zero-order chi connectivity index (χ0) is 17.7. The molecule has 0 aliphatic carbocycles. The van der Waals surface area contributed by atoms with Gasteiger partial charge in [0.1, 0.15) is 5.75 Å². The fourth-order valence-electron chi connectivity index (χ4n) is 2.39. The first kappa shape index (κ1) is 18.2. The van der Waals surface area contributed by atoms with Gasteiger partial charge in [0, 0.05) is 11.6 Å². The lowest BCUT2D eigenvalue weighted by atomic mass is 10.0. The second-order valence-electron chi connectivity index (χ2n) is 5.70. The molecule has 0 fully saturated rings. The van der Waals surface area contributed by atoms with Gasteiger partial charge in [-0.1, -0.05) is 30.3 Å². The van der Waals surface area contributed by atoms with E-state index >= 15 is 0 Å². The first-order valence-electron chi connectivity index (χ1n) is 7.61. The molecule has 24 heavy (non-hydrogen) atoms. The highest BCUT2D eigenvalue weighted by Gasteiger charge is 2.18. The summed E-state index contributed by atoms with van der Waals surface area (Å²) in [7, 11) is -3.57. The molecule has 0 saturated heterocycles. The molecule has 6 heteroatoms. The SMILES string of the molecule is C[C@H](N[C@H](C)c1ccccc1)C(=O)c1ccc(OS(C)(=O)=O)cc1. The van der Waals surface area contributed by atoms with E-state index in [0.29, 0.717) is 5.56 Å². The van der Waals surface area contributed by atoms with Crippen LogP contribution in [0.1, 0.15) is 35.8 Å². The van der Waals surface area contributed by atoms with Gasteiger partial charge in [-0.15, -0.1) is 0 Å². The number of benzene rings is 2. The monoisotopic (exact) mass is 347 g/mol. The fourth-order valence-corrected chi connectivity index (χ4v) is 2.85. The van der Waals surface area contributed by atoms with Crippen molar-refractivity contribution < 1.29 is 17.4 Å². The summed E-state index contributed by atoms with van der Waals surface area (Å²) in [5.41, 5.74) is 1.60. The van der Waals surface area contributed by atoms with Gasteiger partial charge in [-0.05, 0) is 43.7 Å². The van der Waals surface area contributed by atoms with E-state index in [0.717, 1.165) is 11.8 Å². The molecule has 0 aromatic heterocycles. The van der Waals surface area contributed by atoms with Crippen molar-refractivity contribution in [2.75, 3.05) is 6.26 Å². The van der Waals surface area contributed by atoms with Crippen LogP contribution in [-0.2, 0) is 10.1 Å². The van der Waals surface area contributed by atoms with E-state index in [1.807, 2.05) is 44.2 Å². The van der Waals surface area contributed by atoms with Crippen molar-refractivity contribution >= 4 is 15.9 Å². The summed E-state index contributed by atoms with van der Waals surface area (Å²) in [5, 5.41) is 3.27. The lowest BCUT2D eigenvalue weighted by molar-refractivity contribution is 0.0945. The van der Waals surface area contributed by atoms with Gasteiger partial charge in [-0.3, -0.25) is 4.79 Å². The summed E-state index contributed by atoms with van der Waals surface area (Å²) in [6, 6.07) is 15.6. The number of nitrogens with one attached hydrogen (secondary N) is 1. The minimum atomic E-state index is -3.57. The fraction of sp³-hybridized carbons (Fsp3) is 0.278. The number of hydrogen-bond donors (Lipinski definition) is 1. The molecule has 1 N–H and O–H groups in total. The second-order valence-corrected chi connectivity index (χ2v) is 7.27. The van der Waals surface area contributed by atoms with Crippen molar-refractivity contribution in [3.63, 3.8) is 0 Å².